The lowest BCUT2D eigenvalue weighted by atomic mass is 10.2. The average Bonchev–Trinajstić information content (AvgIpc) is 3.02. The third-order valence-corrected chi connectivity index (χ3v) is 6.36. The van der Waals surface area contributed by atoms with Gasteiger partial charge in [-0.25, -0.2) is 13.4 Å². The Bertz CT molecular complexity index is 805. The van der Waals surface area contributed by atoms with E-state index < -0.39 is 9.84 Å². The zero-order chi connectivity index (χ0) is 18.8. The van der Waals surface area contributed by atoms with Gasteiger partial charge in [0.25, 0.3) is 0 Å². The molecule has 2 rings (SSSR count). The van der Waals surface area contributed by atoms with Gasteiger partial charge in [0.05, 0.1) is 18.1 Å². The van der Waals surface area contributed by atoms with E-state index in [4.69, 9.17) is 0 Å². The summed E-state index contributed by atoms with van der Waals surface area (Å²) in [6.07, 6.45) is 0.553. The van der Waals surface area contributed by atoms with Crippen molar-refractivity contribution < 1.29 is 8.42 Å². The molecule has 0 aliphatic rings. The molecule has 150 valence electrons. The molecule has 0 saturated carbocycles. The van der Waals surface area contributed by atoms with E-state index in [1.54, 1.807) is 11.3 Å². The predicted octanol–water partition coefficient (Wildman–Crippen LogP) is 3.73. The molecule has 2 N–H and O–H groups in total. The molecule has 1 heterocycles. The maximum atomic E-state index is 12.2. The summed E-state index contributed by atoms with van der Waals surface area (Å²) < 4.78 is 24.4. The Balaban J connectivity index is 0.00000364. The highest BCUT2D eigenvalue weighted by Crippen LogP contribution is 2.15. The number of guanidine groups is 1. The van der Waals surface area contributed by atoms with Crippen LogP contribution in [0.4, 0.5) is 0 Å². The highest BCUT2D eigenvalue weighted by atomic mass is 127. The minimum Gasteiger partial charge on any atom is -0.357 e. The monoisotopic (exact) mass is 521 g/mol. The maximum absolute atomic E-state index is 12.2. The maximum Gasteiger partial charge on any atom is 0.191 e. The molecule has 0 unspecified atom stereocenters. The first kappa shape index (κ1) is 23.9. The van der Waals surface area contributed by atoms with Crippen LogP contribution in [-0.2, 0) is 22.1 Å². The number of benzene rings is 1. The summed E-state index contributed by atoms with van der Waals surface area (Å²) in [7, 11) is -3.10. The second-order valence-electron chi connectivity index (χ2n) is 6.07. The highest BCUT2D eigenvalue weighted by molar-refractivity contribution is 14.0. The molecule has 1 aromatic carbocycles. The number of rotatable bonds is 9. The average molecular weight is 521 g/mol. The first-order valence-corrected chi connectivity index (χ1v) is 11.4. The summed E-state index contributed by atoms with van der Waals surface area (Å²) in [4.78, 5) is 7.04. The van der Waals surface area contributed by atoms with E-state index in [-0.39, 0.29) is 35.5 Å². The van der Waals surface area contributed by atoms with Crippen molar-refractivity contribution in [3.63, 3.8) is 0 Å². The summed E-state index contributed by atoms with van der Waals surface area (Å²) in [6.45, 7) is 6.05. The smallest absolute Gasteiger partial charge is 0.191 e. The van der Waals surface area contributed by atoms with Crippen molar-refractivity contribution >= 4 is 51.1 Å². The van der Waals surface area contributed by atoms with Gasteiger partial charge in [0.2, 0.25) is 0 Å². The molecule has 2 aromatic rings. The number of aliphatic imine (C=N–C) groups is 1. The SMILES string of the molecule is CCNC(=NCc1ccc(C)s1)NCCCS(=O)(=O)Cc1ccccc1.I. The molecule has 1 aromatic heterocycles. The molecule has 0 aliphatic heterocycles. The van der Waals surface area contributed by atoms with Crippen molar-refractivity contribution in [2.24, 2.45) is 4.99 Å². The van der Waals surface area contributed by atoms with Gasteiger partial charge in [0.1, 0.15) is 0 Å². The minimum atomic E-state index is -3.10. The lowest BCUT2D eigenvalue weighted by Gasteiger charge is -2.11. The normalized spacial score (nSPS) is 11.7. The van der Waals surface area contributed by atoms with E-state index in [0.29, 0.717) is 19.5 Å². The van der Waals surface area contributed by atoms with E-state index in [1.807, 2.05) is 37.3 Å². The Morgan fingerprint density at radius 2 is 1.85 bits per heavy atom. The Kier molecular flexibility index (Phi) is 10.9. The molecule has 0 spiro atoms. The van der Waals surface area contributed by atoms with E-state index in [1.165, 1.54) is 9.75 Å². The first-order chi connectivity index (χ1) is 12.5. The van der Waals surface area contributed by atoms with Crippen LogP contribution < -0.4 is 10.6 Å². The number of hydrogen-bond acceptors (Lipinski definition) is 4. The standard InChI is InChI=1S/C19H27N3O2S2.HI/c1-3-20-19(22-14-18-11-10-16(2)25-18)21-12-7-13-26(23,24)15-17-8-5-4-6-9-17;/h4-6,8-11H,3,7,12-15H2,1-2H3,(H2,20,21,22);1H. The Hall–Kier alpha value is -1.13. The molecule has 8 heteroatoms. The number of halogens is 1. The van der Waals surface area contributed by atoms with Crippen LogP contribution in [0.25, 0.3) is 0 Å². The van der Waals surface area contributed by atoms with E-state index in [9.17, 15) is 8.42 Å². The van der Waals surface area contributed by atoms with Crippen molar-refractivity contribution in [2.45, 2.75) is 32.6 Å². The largest absolute Gasteiger partial charge is 0.357 e. The number of nitrogens with zero attached hydrogens (tertiary/aromatic N) is 1. The Morgan fingerprint density at radius 3 is 2.48 bits per heavy atom. The van der Waals surface area contributed by atoms with Crippen LogP contribution in [0.2, 0.25) is 0 Å². The van der Waals surface area contributed by atoms with Crippen LogP contribution >= 0.6 is 35.3 Å². The van der Waals surface area contributed by atoms with Gasteiger partial charge >= 0.3 is 0 Å². The fourth-order valence-electron chi connectivity index (χ4n) is 2.47. The van der Waals surface area contributed by atoms with Gasteiger partial charge in [-0.05, 0) is 38.0 Å². The van der Waals surface area contributed by atoms with Gasteiger partial charge in [0, 0.05) is 22.8 Å². The number of nitrogens with one attached hydrogen (secondary N) is 2. The van der Waals surface area contributed by atoms with E-state index in [0.717, 1.165) is 18.1 Å². The lowest BCUT2D eigenvalue weighted by Crippen LogP contribution is -2.38. The van der Waals surface area contributed by atoms with Gasteiger partial charge in [-0.3, -0.25) is 0 Å². The van der Waals surface area contributed by atoms with Crippen LogP contribution in [0.5, 0.6) is 0 Å². The molecule has 0 aliphatic carbocycles. The van der Waals surface area contributed by atoms with Gasteiger partial charge in [0.15, 0.2) is 15.8 Å². The fraction of sp³-hybridized carbons (Fsp3) is 0.421. The van der Waals surface area contributed by atoms with Crippen LogP contribution in [0.1, 0.15) is 28.7 Å². The van der Waals surface area contributed by atoms with Crippen molar-refractivity contribution in [1.29, 1.82) is 0 Å². The number of hydrogen-bond donors (Lipinski definition) is 2. The summed E-state index contributed by atoms with van der Waals surface area (Å²) in [5.41, 5.74) is 0.835. The number of aryl methyl sites for hydroxylation is 1. The Morgan fingerprint density at radius 1 is 1.11 bits per heavy atom. The minimum absolute atomic E-state index is 0. The highest BCUT2D eigenvalue weighted by Gasteiger charge is 2.11. The Labute approximate surface area is 183 Å². The molecule has 0 bridgehead atoms. The summed E-state index contributed by atoms with van der Waals surface area (Å²) >= 11 is 1.74. The van der Waals surface area contributed by atoms with Crippen molar-refractivity contribution in [1.82, 2.24) is 10.6 Å². The molecule has 0 fully saturated rings. The number of sulfone groups is 1. The molecule has 0 amide bonds. The van der Waals surface area contributed by atoms with Crippen LogP contribution in [0.15, 0.2) is 47.5 Å². The molecule has 0 radical (unpaired) electrons. The molecule has 0 saturated heterocycles. The second-order valence-corrected chi connectivity index (χ2v) is 9.62. The predicted molar refractivity (Wildman–Crippen MR) is 126 cm³/mol. The van der Waals surface area contributed by atoms with Gasteiger partial charge < -0.3 is 10.6 Å². The van der Waals surface area contributed by atoms with Crippen LogP contribution in [-0.4, -0.2) is 33.2 Å². The topological polar surface area (TPSA) is 70.6 Å². The summed E-state index contributed by atoms with van der Waals surface area (Å²) in [5.74, 6) is 0.983. The van der Waals surface area contributed by atoms with Crippen LogP contribution in [0, 0.1) is 6.92 Å². The van der Waals surface area contributed by atoms with Gasteiger partial charge in [-0.1, -0.05) is 30.3 Å². The second kappa shape index (κ2) is 12.4. The first-order valence-electron chi connectivity index (χ1n) is 8.80. The summed E-state index contributed by atoms with van der Waals surface area (Å²) in [5, 5.41) is 6.40. The third kappa shape index (κ3) is 9.57. The third-order valence-electron chi connectivity index (χ3n) is 3.69. The molecule has 0 atom stereocenters. The lowest BCUT2D eigenvalue weighted by molar-refractivity contribution is 0.591. The van der Waals surface area contributed by atoms with Crippen LogP contribution in [0.3, 0.4) is 0 Å². The molecular formula is C19H28IN3O2S2. The van der Waals surface area contributed by atoms with E-state index in [2.05, 4.69) is 34.7 Å². The molecular weight excluding hydrogens is 493 g/mol. The number of thiophene rings is 1. The zero-order valence-corrected chi connectivity index (χ0v) is 19.7. The molecule has 5 nitrogen and oxygen atoms in total. The van der Waals surface area contributed by atoms with Crippen molar-refractivity contribution in [3.8, 4) is 0 Å². The van der Waals surface area contributed by atoms with Crippen molar-refractivity contribution in [2.75, 3.05) is 18.8 Å². The van der Waals surface area contributed by atoms with Crippen molar-refractivity contribution in [3.05, 3.63) is 57.8 Å². The van der Waals surface area contributed by atoms with Gasteiger partial charge in [-0.15, -0.1) is 35.3 Å². The quantitative estimate of drug-likeness (QED) is 0.228. The zero-order valence-electron chi connectivity index (χ0n) is 15.8. The fourth-order valence-corrected chi connectivity index (χ4v) is 4.71. The molecule has 27 heavy (non-hydrogen) atoms. The summed E-state index contributed by atoms with van der Waals surface area (Å²) in [6, 6.07) is 13.5. The van der Waals surface area contributed by atoms with E-state index >= 15 is 0 Å². The van der Waals surface area contributed by atoms with Gasteiger partial charge in [-0.2, -0.15) is 0 Å².